The topological polar surface area (TPSA) is 61.8 Å². The van der Waals surface area contributed by atoms with Gasteiger partial charge in [0.25, 0.3) is 8.32 Å². The largest absolute Gasteiger partial charge is 0.469 e. The number of carbonyl (C=O) groups excluding carboxylic acids is 2. The molecule has 8 heteroatoms. The maximum absolute atomic E-state index is 13.3. The van der Waals surface area contributed by atoms with Gasteiger partial charge in [0.15, 0.2) is 0 Å². The van der Waals surface area contributed by atoms with Crippen LogP contribution >= 0.6 is 23.5 Å². The van der Waals surface area contributed by atoms with Crippen molar-refractivity contribution in [1.82, 2.24) is 0 Å². The Morgan fingerprint density at radius 1 is 0.919 bits per heavy atom. The number of benzene rings is 2. The molecule has 1 aliphatic heterocycles. The van der Waals surface area contributed by atoms with Crippen LogP contribution in [-0.4, -0.2) is 56.2 Å². The van der Waals surface area contributed by atoms with Crippen LogP contribution in [0.2, 0.25) is 5.04 Å². The van der Waals surface area contributed by atoms with Crippen LogP contribution in [0.25, 0.3) is 0 Å². The first-order chi connectivity index (χ1) is 17.7. The van der Waals surface area contributed by atoms with Gasteiger partial charge in [-0.2, -0.15) is 0 Å². The molecular weight excluding hydrogens is 521 g/mol. The van der Waals surface area contributed by atoms with Crippen molar-refractivity contribution < 1.29 is 23.5 Å². The van der Waals surface area contributed by atoms with Crippen molar-refractivity contribution in [3.05, 3.63) is 71.8 Å². The van der Waals surface area contributed by atoms with E-state index in [4.69, 9.17) is 13.9 Å². The third-order valence-electron chi connectivity index (χ3n) is 7.19. The molecule has 2 aliphatic rings. The average Bonchev–Trinajstić information content (AvgIpc) is 3.18. The van der Waals surface area contributed by atoms with E-state index in [9.17, 15) is 9.59 Å². The van der Waals surface area contributed by atoms with E-state index in [1.807, 2.05) is 12.1 Å². The van der Waals surface area contributed by atoms with Crippen molar-refractivity contribution in [1.29, 1.82) is 0 Å². The van der Waals surface area contributed by atoms with E-state index in [1.165, 1.54) is 14.2 Å². The lowest BCUT2D eigenvalue weighted by Crippen LogP contribution is -2.67. The monoisotopic (exact) mass is 556 g/mol. The summed E-state index contributed by atoms with van der Waals surface area (Å²) in [5.74, 6) is 1.14. The van der Waals surface area contributed by atoms with Gasteiger partial charge in [-0.15, -0.1) is 23.5 Å². The maximum atomic E-state index is 13.3. The quantitative estimate of drug-likeness (QED) is 0.354. The molecule has 1 saturated heterocycles. The first kappa shape index (κ1) is 28.0. The molecule has 0 aromatic heterocycles. The van der Waals surface area contributed by atoms with E-state index in [-0.39, 0.29) is 23.4 Å². The fraction of sp³-hybridized carbons (Fsp3) is 0.448. The van der Waals surface area contributed by atoms with Gasteiger partial charge in [-0.25, -0.2) is 4.79 Å². The number of thioether (sulfide) groups is 2. The second-order valence-electron chi connectivity index (χ2n) is 10.4. The van der Waals surface area contributed by atoms with Crippen molar-refractivity contribution in [2.45, 2.75) is 55.3 Å². The van der Waals surface area contributed by atoms with Crippen LogP contribution in [0.15, 0.2) is 71.8 Å². The predicted octanol–water partition coefficient (Wildman–Crippen LogP) is 4.93. The van der Waals surface area contributed by atoms with Crippen molar-refractivity contribution >= 4 is 54.2 Å². The minimum absolute atomic E-state index is 0.00662. The Morgan fingerprint density at radius 2 is 1.46 bits per heavy atom. The number of rotatable bonds is 7. The molecule has 0 radical (unpaired) electrons. The van der Waals surface area contributed by atoms with E-state index in [0.29, 0.717) is 17.6 Å². The molecule has 2 aromatic carbocycles. The molecule has 1 aliphatic carbocycles. The Kier molecular flexibility index (Phi) is 8.63. The third-order valence-corrected chi connectivity index (χ3v) is 15.6. The fourth-order valence-corrected chi connectivity index (χ4v) is 13.7. The van der Waals surface area contributed by atoms with Gasteiger partial charge in [-0.05, 0) is 38.9 Å². The molecule has 1 atom stereocenters. The van der Waals surface area contributed by atoms with Gasteiger partial charge in [0, 0.05) is 6.42 Å². The zero-order valence-corrected chi connectivity index (χ0v) is 24.9. The first-order valence-electron chi connectivity index (χ1n) is 12.6. The van der Waals surface area contributed by atoms with Gasteiger partial charge in [-0.1, -0.05) is 81.4 Å². The van der Waals surface area contributed by atoms with Crippen LogP contribution in [0.1, 0.15) is 40.0 Å². The van der Waals surface area contributed by atoms with Crippen molar-refractivity contribution in [2.24, 2.45) is 0 Å². The summed E-state index contributed by atoms with van der Waals surface area (Å²) in [4.78, 5) is 26.0. The maximum Gasteiger partial charge on any atom is 0.336 e. The first-order valence-corrected chi connectivity index (χ1v) is 16.5. The smallest absolute Gasteiger partial charge is 0.336 e. The summed E-state index contributed by atoms with van der Waals surface area (Å²) in [7, 11) is -0.137. The van der Waals surface area contributed by atoms with Crippen LogP contribution in [0.5, 0.6) is 0 Å². The Hall–Kier alpha value is -2.00. The van der Waals surface area contributed by atoms with E-state index in [1.54, 1.807) is 23.5 Å². The minimum Gasteiger partial charge on any atom is -0.469 e. The lowest BCUT2D eigenvalue weighted by Gasteiger charge is -2.45. The van der Waals surface area contributed by atoms with Gasteiger partial charge in [0.2, 0.25) is 0 Å². The number of hydrogen-bond acceptors (Lipinski definition) is 7. The minimum atomic E-state index is -2.93. The van der Waals surface area contributed by atoms with Gasteiger partial charge in [0.1, 0.15) is 0 Å². The highest BCUT2D eigenvalue weighted by Gasteiger charge is 2.57. The van der Waals surface area contributed by atoms with Gasteiger partial charge < -0.3 is 13.9 Å². The number of methoxy groups -OCH3 is 2. The van der Waals surface area contributed by atoms with Gasteiger partial charge in [0.05, 0.1) is 36.4 Å². The second-order valence-corrected chi connectivity index (χ2v) is 17.7. The third kappa shape index (κ3) is 5.31. The molecule has 0 bridgehead atoms. The molecule has 4 rings (SSSR count). The Balaban J connectivity index is 1.93. The number of ether oxygens (including phenoxy) is 2. The predicted molar refractivity (Wildman–Crippen MR) is 155 cm³/mol. The van der Waals surface area contributed by atoms with E-state index >= 15 is 0 Å². The van der Waals surface area contributed by atoms with Gasteiger partial charge >= 0.3 is 11.9 Å². The molecule has 0 N–H and O–H groups in total. The molecule has 0 saturated carbocycles. The Labute approximate surface area is 229 Å². The second kappa shape index (κ2) is 11.4. The summed E-state index contributed by atoms with van der Waals surface area (Å²) in [6.45, 7) is 6.71. The summed E-state index contributed by atoms with van der Waals surface area (Å²) in [6.07, 6.45) is 1.28. The SMILES string of the molecule is COC(=O)CC1=C(C(=O)OC)C2(C[C@@H]1O[Si](c1ccccc1)(c1ccccc1)C(C)(C)C)SCCCS2. The molecule has 0 amide bonds. The van der Waals surface area contributed by atoms with Crippen LogP contribution in [0.4, 0.5) is 0 Å². The molecule has 198 valence electrons. The molecule has 1 heterocycles. The molecular formula is C29H36O5S2Si. The van der Waals surface area contributed by atoms with Crippen LogP contribution in [0.3, 0.4) is 0 Å². The summed E-state index contributed by atoms with van der Waals surface area (Å²) < 4.78 is 17.4. The molecule has 37 heavy (non-hydrogen) atoms. The van der Waals surface area contributed by atoms with Crippen LogP contribution in [-0.2, 0) is 23.5 Å². The van der Waals surface area contributed by atoms with Crippen molar-refractivity contribution in [3.63, 3.8) is 0 Å². The Bertz CT molecular complexity index is 1100. The standard InChI is InChI=1S/C29H36O5S2Si/c1-28(2,3)37(21-13-8-6-9-14-21,22-15-10-7-11-16-22)34-24-20-29(35-17-12-18-36-29)26(27(31)33-5)23(24)19-25(30)32-4/h6-11,13-16,24H,12,17-20H2,1-5H3/t24-/m0/s1. The van der Waals surface area contributed by atoms with Crippen molar-refractivity contribution in [3.8, 4) is 0 Å². The molecule has 5 nitrogen and oxygen atoms in total. The zero-order chi connectivity index (χ0) is 26.7. The van der Waals surface area contributed by atoms with Crippen LogP contribution < -0.4 is 10.4 Å². The average molecular weight is 557 g/mol. The van der Waals surface area contributed by atoms with E-state index in [0.717, 1.165) is 28.3 Å². The summed E-state index contributed by atoms with van der Waals surface area (Å²) in [5, 5.41) is 2.09. The van der Waals surface area contributed by atoms with Crippen LogP contribution in [0, 0.1) is 0 Å². The Morgan fingerprint density at radius 3 is 1.92 bits per heavy atom. The summed E-state index contributed by atoms with van der Waals surface area (Å²) >= 11 is 3.56. The molecule has 0 unspecified atom stereocenters. The highest BCUT2D eigenvalue weighted by molar-refractivity contribution is 8.19. The van der Waals surface area contributed by atoms with Crippen molar-refractivity contribution in [2.75, 3.05) is 25.7 Å². The lowest BCUT2D eigenvalue weighted by molar-refractivity contribution is -0.140. The van der Waals surface area contributed by atoms with Gasteiger partial charge in [-0.3, -0.25) is 4.79 Å². The highest BCUT2D eigenvalue weighted by Crippen LogP contribution is 2.58. The number of esters is 2. The lowest BCUT2D eigenvalue weighted by atomic mass is 10.1. The zero-order valence-electron chi connectivity index (χ0n) is 22.2. The molecule has 1 spiro atoms. The number of hydrogen-bond donors (Lipinski definition) is 0. The number of carbonyl (C=O) groups is 2. The summed E-state index contributed by atoms with van der Waals surface area (Å²) in [6, 6.07) is 20.9. The molecule has 2 aromatic rings. The van der Waals surface area contributed by atoms with E-state index in [2.05, 4.69) is 69.3 Å². The normalized spacial score (nSPS) is 19.6. The fourth-order valence-electron chi connectivity index (χ4n) is 5.55. The summed E-state index contributed by atoms with van der Waals surface area (Å²) in [5.41, 5.74) is 1.28. The molecule has 1 fully saturated rings. The highest BCUT2D eigenvalue weighted by atomic mass is 32.2. The van der Waals surface area contributed by atoms with E-state index < -0.39 is 18.5 Å².